The first-order chi connectivity index (χ1) is 7.56. The molecule has 2 aromatic rings. The molecule has 0 aliphatic heterocycles. The van der Waals surface area contributed by atoms with Crippen LogP contribution in [-0.2, 0) is 7.05 Å². The average molecular weight is 258 g/mol. The van der Waals surface area contributed by atoms with Gasteiger partial charge in [-0.3, -0.25) is 4.68 Å². The zero-order chi connectivity index (χ0) is 11.7. The van der Waals surface area contributed by atoms with Gasteiger partial charge in [-0.1, -0.05) is 11.6 Å². The van der Waals surface area contributed by atoms with Crippen LogP contribution in [0.1, 0.15) is 5.69 Å². The molecule has 0 saturated carbocycles. The second-order valence-corrected chi connectivity index (χ2v) is 4.01. The maximum Gasteiger partial charge on any atom is 0.224 e. The Bertz CT molecular complexity index is 523. The fourth-order valence-electron chi connectivity index (χ4n) is 1.28. The third-order valence-electron chi connectivity index (χ3n) is 1.98. The molecular formula is C9H9Cl2N5. The van der Waals surface area contributed by atoms with Crippen LogP contribution in [0.25, 0.3) is 0 Å². The molecule has 0 bridgehead atoms. The molecule has 0 unspecified atom stereocenters. The van der Waals surface area contributed by atoms with E-state index in [1.54, 1.807) is 4.68 Å². The maximum atomic E-state index is 5.93. The SMILES string of the molecule is Cc1nn(C)cc1Nc1nc(Cl)ncc1Cl. The molecule has 5 nitrogen and oxygen atoms in total. The van der Waals surface area contributed by atoms with Crippen LogP contribution in [0.4, 0.5) is 11.5 Å². The summed E-state index contributed by atoms with van der Waals surface area (Å²) >= 11 is 11.6. The molecule has 0 radical (unpaired) electrons. The van der Waals surface area contributed by atoms with Crippen LogP contribution in [0.3, 0.4) is 0 Å². The predicted molar refractivity (Wildman–Crippen MR) is 63.3 cm³/mol. The molecule has 2 heterocycles. The average Bonchev–Trinajstić information content (AvgIpc) is 2.51. The molecule has 7 heteroatoms. The monoisotopic (exact) mass is 257 g/mol. The second kappa shape index (κ2) is 4.27. The molecule has 2 aromatic heterocycles. The second-order valence-electron chi connectivity index (χ2n) is 3.26. The molecule has 0 spiro atoms. The Hall–Kier alpha value is -1.33. The van der Waals surface area contributed by atoms with Crippen LogP contribution in [-0.4, -0.2) is 19.7 Å². The van der Waals surface area contributed by atoms with Gasteiger partial charge >= 0.3 is 0 Å². The molecule has 0 aliphatic rings. The molecule has 0 saturated heterocycles. The minimum atomic E-state index is 0.147. The fourth-order valence-corrected chi connectivity index (χ4v) is 1.55. The molecule has 0 aliphatic carbocycles. The number of nitrogens with one attached hydrogen (secondary N) is 1. The van der Waals surface area contributed by atoms with Crippen molar-refractivity contribution in [2.45, 2.75) is 6.92 Å². The van der Waals surface area contributed by atoms with Crippen LogP contribution in [0, 0.1) is 6.92 Å². The van der Waals surface area contributed by atoms with Gasteiger partial charge in [-0.15, -0.1) is 0 Å². The fraction of sp³-hybridized carbons (Fsp3) is 0.222. The van der Waals surface area contributed by atoms with Crippen molar-refractivity contribution in [2.24, 2.45) is 7.05 Å². The van der Waals surface area contributed by atoms with E-state index >= 15 is 0 Å². The van der Waals surface area contributed by atoms with E-state index in [0.717, 1.165) is 11.4 Å². The van der Waals surface area contributed by atoms with E-state index in [4.69, 9.17) is 23.2 Å². The van der Waals surface area contributed by atoms with E-state index in [-0.39, 0.29) is 5.28 Å². The lowest BCUT2D eigenvalue weighted by molar-refractivity contribution is 0.756. The van der Waals surface area contributed by atoms with Crippen LogP contribution in [0.2, 0.25) is 10.3 Å². The summed E-state index contributed by atoms with van der Waals surface area (Å²) in [6, 6.07) is 0. The van der Waals surface area contributed by atoms with Crippen LogP contribution in [0.5, 0.6) is 0 Å². The molecule has 2 rings (SSSR count). The van der Waals surface area contributed by atoms with Crippen LogP contribution >= 0.6 is 23.2 Å². The molecule has 0 aromatic carbocycles. The Labute approximate surface area is 102 Å². The smallest absolute Gasteiger partial charge is 0.224 e. The van der Waals surface area contributed by atoms with Gasteiger partial charge in [0.2, 0.25) is 5.28 Å². The third kappa shape index (κ3) is 2.25. The van der Waals surface area contributed by atoms with Crippen molar-refractivity contribution >= 4 is 34.7 Å². The molecule has 0 amide bonds. The molecule has 1 N–H and O–H groups in total. The predicted octanol–water partition coefficient (Wildman–Crippen LogP) is 2.57. The lowest BCUT2D eigenvalue weighted by Crippen LogP contribution is -1.96. The van der Waals surface area contributed by atoms with Crippen molar-refractivity contribution < 1.29 is 0 Å². The summed E-state index contributed by atoms with van der Waals surface area (Å²) in [7, 11) is 1.84. The largest absolute Gasteiger partial charge is 0.336 e. The Morgan fingerprint density at radius 2 is 2.12 bits per heavy atom. The van der Waals surface area contributed by atoms with Gasteiger partial charge in [-0.2, -0.15) is 10.1 Å². The number of halogens is 2. The normalized spacial score (nSPS) is 10.5. The zero-order valence-electron chi connectivity index (χ0n) is 8.70. The van der Waals surface area contributed by atoms with Gasteiger partial charge in [0.25, 0.3) is 0 Å². The molecular weight excluding hydrogens is 249 g/mol. The number of anilines is 2. The summed E-state index contributed by atoms with van der Waals surface area (Å²) in [5, 5.41) is 7.80. The Morgan fingerprint density at radius 3 is 2.75 bits per heavy atom. The highest BCUT2D eigenvalue weighted by molar-refractivity contribution is 6.33. The molecule has 16 heavy (non-hydrogen) atoms. The summed E-state index contributed by atoms with van der Waals surface area (Å²) in [6.45, 7) is 1.89. The van der Waals surface area contributed by atoms with E-state index in [0.29, 0.717) is 10.8 Å². The van der Waals surface area contributed by atoms with Gasteiger partial charge in [0.15, 0.2) is 5.82 Å². The highest BCUT2D eigenvalue weighted by atomic mass is 35.5. The Balaban J connectivity index is 2.33. The number of hydrogen-bond acceptors (Lipinski definition) is 4. The van der Waals surface area contributed by atoms with Crippen molar-refractivity contribution in [3.05, 3.63) is 28.4 Å². The van der Waals surface area contributed by atoms with E-state index in [1.165, 1.54) is 6.20 Å². The van der Waals surface area contributed by atoms with Gasteiger partial charge in [0.1, 0.15) is 5.02 Å². The summed E-state index contributed by atoms with van der Waals surface area (Å²) in [6.07, 6.45) is 3.28. The van der Waals surface area contributed by atoms with Crippen LogP contribution in [0.15, 0.2) is 12.4 Å². The molecule has 0 atom stereocenters. The quantitative estimate of drug-likeness (QED) is 0.841. The third-order valence-corrected chi connectivity index (χ3v) is 2.44. The first-order valence-corrected chi connectivity index (χ1v) is 5.27. The van der Waals surface area contributed by atoms with Crippen molar-refractivity contribution in [1.29, 1.82) is 0 Å². The minimum absolute atomic E-state index is 0.147. The summed E-state index contributed by atoms with van der Waals surface area (Å²) in [4.78, 5) is 7.76. The van der Waals surface area contributed by atoms with Crippen LogP contribution < -0.4 is 5.32 Å². The highest BCUT2D eigenvalue weighted by Crippen LogP contribution is 2.24. The van der Waals surface area contributed by atoms with Crippen molar-refractivity contribution in [1.82, 2.24) is 19.7 Å². The van der Waals surface area contributed by atoms with Gasteiger partial charge in [-0.05, 0) is 18.5 Å². The maximum absolute atomic E-state index is 5.93. The van der Waals surface area contributed by atoms with Gasteiger partial charge in [0, 0.05) is 13.2 Å². The number of rotatable bonds is 2. The topological polar surface area (TPSA) is 55.6 Å². The summed E-state index contributed by atoms with van der Waals surface area (Å²) in [5.74, 6) is 0.470. The van der Waals surface area contributed by atoms with Gasteiger partial charge in [0.05, 0.1) is 17.6 Å². The first-order valence-electron chi connectivity index (χ1n) is 4.51. The Kier molecular flexibility index (Phi) is 2.98. The lowest BCUT2D eigenvalue weighted by atomic mass is 10.4. The van der Waals surface area contributed by atoms with Crippen molar-refractivity contribution in [3.8, 4) is 0 Å². The van der Waals surface area contributed by atoms with Gasteiger partial charge in [-0.25, -0.2) is 4.98 Å². The lowest BCUT2D eigenvalue weighted by Gasteiger charge is -2.05. The number of aryl methyl sites for hydroxylation is 2. The first kappa shape index (κ1) is 11.2. The molecule has 84 valence electrons. The Morgan fingerprint density at radius 1 is 1.38 bits per heavy atom. The molecule has 0 fully saturated rings. The van der Waals surface area contributed by atoms with Gasteiger partial charge < -0.3 is 5.32 Å². The zero-order valence-corrected chi connectivity index (χ0v) is 10.2. The summed E-state index contributed by atoms with van der Waals surface area (Å²) in [5.41, 5.74) is 1.69. The number of nitrogens with zero attached hydrogens (tertiary/aromatic N) is 4. The van der Waals surface area contributed by atoms with E-state index < -0.39 is 0 Å². The standard InChI is InChI=1S/C9H9Cl2N5/c1-5-7(4-16(2)15-5)13-8-6(10)3-12-9(11)14-8/h3-4H,1-2H3,(H,12,13,14). The summed E-state index contributed by atoms with van der Waals surface area (Å²) < 4.78 is 1.70. The minimum Gasteiger partial charge on any atom is -0.336 e. The number of aromatic nitrogens is 4. The van der Waals surface area contributed by atoms with E-state index in [1.807, 2.05) is 20.2 Å². The van der Waals surface area contributed by atoms with E-state index in [9.17, 15) is 0 Å². The van der Waals surface area contributed by atoms with E-state index in [2.05, 4.69) is 20.4 Å². The number of hydrogen-bond donors (Lipinski definition) is 1. The van der Waals surface area contributed by atoms with Crippen molar-refractivity contribution in [2.75, 3.05) is 5.32 Å². The van der Waals surface area contributed by atoms with Crippen molar-refractivity contribution in [3.63, 3.8) is 0 Å². The highest BCUT2D eigenvalue weighted by Gasteiger charge is 2.08.